The van der Waals surface area contributed by atoms with Gasteiger partial charge in [0.25, 0.3) is 10.1 Å². The third kappa shape index (κ3) is 4.31. The molecule has 13 heavy (non-hydrogen) atoms. The second-order valence-corrected chi connectivity index (χ2v) is 3.91. The fourth-order valence-electron chi connectivity index (χ4n) is 0.618. The van der Waals surface area contributed by atoms with Crippen molar-refractivity contribution in [2.45, 2.75) is 23.6 Å². The molecule has 0 fully saturated rings. The van der Waals surface area contributed by atoms with Crippen LogP contribution < -0.4 is 0 Å². The molecule has 5 heteroatoms. The third-order valence-corrected chi connectivity index (χ3v) is 2.30. The fraction of sp³-hybridized carbons (Fsp3) is 0.250. The highest BCUT2D eigenvalue weighted by atomic mass is 32.2. The molecule has 0 bridgehead atoms. The molecule has 1 rings (SSSR count). The zero-order valence-electron chi connectivity index (χ0n) is 7.43. The van der Waals surface area contributed by atoms with Gasteiger partial charge < -0.3 is 0 Å². The Labute approximate surface area is 84.0 Å². The minimum Gasteiger partial charge on any atom is -0.282 e. The normalized spacial score (nSPS) is 10.2. The number of thiol groups is 1. The first-order chi connectivity index (χ1) is 6.00. The molecule has 0 saturated heterocycles. The van der Waals surface area contributed by atoms with Crippen LogP contribution in [0.25, 0.3) is 0 Å². The van der Waals surface area contributed by atoms with E-state index in [1.165, 1.54) is 24.3 Å². The lowest BCUT2D eigenvalue weighted by Crippen LogP contribution is -1.96. The number of rotatable bonds is 1. The Bertz CT molecular complexity index is 340. The molecule has 0 aliphatic carbocycles. The molecular weight excluding hydrogens is 208 g/mol. The molecule has 0 saturated carbocycles. The summed E-state index contributed by atoms with van der Waals surface area (Å²) in [7, 11) is -4.05. The van der Waals surface area contributed by atoms with Crippen LogP contribution in [0.3, 0.4) is 0 Å². The summed E-state index contributed by atoms with van der Waals surface area (Å²) >= 11 is 3.95. The van der Waals surface area contributed by atoms with Crippen molar-refractivity contribution in [2.24, 2.45) is 0 Å². The van der Waals surface area contributed by atoms with Gasteiger partial charge in [-0.1, -0.05) is 13.8 Å². The molecule has 0 radical (unpaired) electrons. The molecule has 0 atom stereocenters. The van der Waals surface area contributed by atoms with E-state index in [1.54, 1.807) is 0 Å². The van der Waals surface area contributed by atoms with E-state index in [1.807, 2.05) is 13.8 Å². The quantitative estimate of drug-likeness (QED) is 0.564. The van der Waals surface area contributed by atoms with Gasteiger partial charge in [0.15, 0.2) is 0 Å². The lowest BCUT2D eigenvalue weighted by Gasteiger charge is -1.95. The summed E-state index contributed by atoms with van der Waals surface area (Å²) in [6.45, 7) is 4.00. The monoisotopic (exact) mass is 220 g/mol. The summed E-state index contributed by atoms with van der Waals surface area (Å²) < 4.78 is 29.5. The first kappa shape index (κ1) is 12.5. The van der Waals surface area contributed by atoms with Gasteiger partial charge >= 0.3 is 0 Å². The lowest BCUT2D eigenvalue weighted by molar-refractivity contribution is 0.483. The predicted molar refractivity (Wildman–Crippen MR) is 54.9 cm³/mol. The summed E-state index contributed by atoms with van der Waals surface area (Å²) in [4.78, 5) is 0.535. The van der Waals surface area contributed by atoms with E-state index < -0.39 is 10.1 Å². The second kappa shape index (κ2) is 5.26. The molecule has 1 aromatic rings. The number of benzene rings is 1. The van der Waals surface area contributed by atoms with Gasteiger partial charge in [-0.15, -0.1) is 12.6 Å². The van der Waals surface area contributed by atoms with Crippen LogP contribution >= 0.6 is 12.6 Å². The Hall–Kier alpha value is -0.520. The van der Waals surface area contributed by atoms with E-state index >= 15 is 0 Å². The zero-order valence-corrected chi connectivity index (χ0v) is 9.14. The van der Waals surface area contributed by atoms with Crippen LogP contribution in [0.4, 0.5) is 0 Å². The Morgan fingerprint density at radius 3 is 1.85 bits per heavy atom. The van der Waals surface area contributed by atoms with Gasteiger partial charge in [0.2, 0.25) is 0 Å². The summed E-state index contributed by atoms with van der Waals surface area (Å²) in [5.74, 6) is 0. The first-order valence-corrected chi connectivity index (χ1v) is 5.65. The Kier molecular flexibility index (Phi) is 5.05. The molecule has 0 aromatic heterocycles. The minimum atomic E-state index is -4.05. The van der Waals surface area contributed by atoms with Crippen LogP contribution in [-0.2, 0) is 10.1 Å². The summed E-state index contributed by atoms with van der Waals surface area (Å²) in [5.41, 5.74) is 0. The number of hydrogen-bond acceptors (Lipinski definition) is 3. The summed E-state index contributed by atoms with van der Waals surface area (Å²) in [6, 6.07) is 5.56. The zero-order chi connectivity index (χ0) is 10.5. The highest BCUT2D eigenvalue weighted by Gasteiger charge is 2.06. The lowest BCUT2D eigenvalue weighted by atomic mass is 10.4. The standard InChI is InChI=1S/C6H6O3S2.C2H6/c7-11(8,9)6-3-1-5(10)2-4-6;1-2/h1-4,10H,(H,7,8,9);1-2H3. The highest BCUT2D eigenvalue weighted by Crippen LogP contribution is 2.11. The molecule has 74 valence electrons. The van der Waals surface area contributed by atoms with E-state index in [0.29, 0.717) is 4.90 Å². The smallest absolute Gasteiger partial charge is 0.282 e. The van der Waals surface area contributed by atoms with Gasteiger partial charge in [-0.25, -0.2) is 0 Å². The topological polar surface area (TPSA) is 54.4 Å². The van der Waals surface area contributed by atoms with Crippen molar-refractivity contribution < 1.29 is 13.0 Å². The van der Waals surface area contributed by atoms with Gasteiger partial charge in [0.05, 0.1) is 4.90 Å². The van der Waals surface area contributed by atoms with Crippen molar-refractivity contribution in [3.63, 3.8) is 0 Å². The van der Waals surface area contributed by atoms with Crippen molar-refractivity contribution in [1.82, 2.24) is 0 Å². The van der Waals surface area contributed by atoms with E-state index in [9.17, 15) is 8.42 Å². The molecular formula is C8H12O3S2. The van der Waals surface area contributed by atoms with E-state index in [0.717, 1.165) is 0 Å². The molecule has 0 unspecified atom stereocenters. The Morgan fingerprint density at radius 2 is 1.54 bits per heavy atom. The molecule has 3 nitrogen and oxygen atoms in total. The maximum absolute atomic E-state index is 10.5. The molecule has 0 spiro atoms. The van der Waals surface area contributed by atoms with Crippen LogP contribution in [0.15, 0.2) is 34.1 Å². The van der Waals surface area contributed by atoms with E-state index in [-0.39, 0.29) is 4.90 Å². The van der Waals surface area contributed by atoms with Crippen molar-refractivity contribution in [1.29, 1.82) is 0 Å². The Balaban J connectivity index is 0.000000671. The number of hydrogen-bond donors (Lipinski definition) is 2. The largest absolute Gasteiger partial charge is 0.294 e. The van der Waals surface area contributed by atoms with Gasteiger partial charge in [-0.05, 0) is 24.3 Å². The molecule has 0 aliphatic heterocycles. The van der Waals surface area contributed by atoms with Crippen LogP contribution in [0.2, 0.25) is 0 Å². The average Bonchev–Trinajstić information content (AvgIpc) is 2.07. The second-order valence-electron chi connectivity index (χ2n) is 1.97. The fourth-order valence-corrected chi connectivity index (χ4v) is 1.25. The summed E-state index contributed by atoms with van der Waals surface area (Å²) in [5, 5.41) is 0. The average molecular weight is 220 g/mol. The maximum Gasteiger partial charge on any atom is 0.294 e. The molecule has 0 amide bonds. The van der Waals surface area contributed by atoms with Gasteiger partial charge in [0, 0.05) is 4.90 Å². The predicted octanol–water partition coefficient (Wildman–Crippen LogP) is 2.25. The minimum absolute atomic E-state index is 0.115. The molecule has 0 aliphatic rings. The molecule has 1 N–H and O–H groups in total. The van der Waals surface area contributed by atoms with Crippen LogP contribution in [-0.4, -0.2) is 13.0 Å². The first-order valence-electron chi connectivity index (χ1n) is 3.77. The molecule has 1 aromatic carbocycles. The molecule has 0 heterocycles. The van der Waals surface area contributed by atoms with Gasteiger partial charge in [-0.2, -0.15) is 8.42 Å². The Morgan fingerprint density at radius 1 is 1.15 bits per heavy atom. The van der Waals surface area contributed by atoms with E-state index in [2.05, 4.69) is 12.6 Å². The van der Waals surface area contributed by atoms with Crippen LogP contribution in [0.5, 0.6) is 0 Å². The van der Waals surface area contributed by atoms with Crippen molar-refractivity contribution >= 4 is 22.7 Å². The SMILES string of the molecule is CC.O=S(=O)(O)c1ccc(S)cc1. The van der Waals surface area contributed by atoms with E-state index in [4.69, 9.17) is 4.55 Å². The van der Waals surface area contributed by atoms with Crippen molar-refractivity contribution in [3.8, 4) is 0 Å². The van der Waals surface area contributed by atoms with Crippen molar-refractivity contribution in [2.75, 3.05) is 0 Å². The van der Waals surface area contributed by atoms with Crippen molar-refractivity contribution in [3.05, 3.63) is 24.3 Å². The summed E-state index contributed by atoms with van der Waals surface area (Å²) in [6.07, 6.45) is 0. The van der Waals surface area contributed by atoms with Gasteiger partial charge in [0.1, 0.15) is 0 Å². The maximum atomic E-state index is 10.5. The van der Waals surface area contributed by atoms with Crippen LogP contribution in [0.1, 0.15) is 13.8 Å². The van der Waals surface area contributed by atoms with Gasteiger partial charge in [-0.3, -0.25) is 4.55 Å². The highest BCUT2D eigenvalue weighted by molar-refractivity contribution is 7.85. The third-order valence-electron chi connectivity index (χ3n) is 1.13. The van der Waals surface area contributed by atoms with Crippen LogP contribution in [0, 0.1) is 0 Å².